The first-order valence-corrected chi connectivity index (χ1v) is 10.2. The van der Waals surface area contributed by atoms with Crippen molar-refractivity contribution >= 4 is 17.1 Å². The summed E-state index contributed by atoms with van der Waals surface area (Å²) in [6, 6.07) is 12.7. The number of amides is 1. The number of anilines is 1. The molecule has 0 aliphatic rings. The molecule has 0 aliphatic carbocycles. The van der Waals surface area contributed by atoms with Crippen molar-refractivity contribution in [2.45, 2.75) is 6.92 Å². The van der Waals surface area contributed by atoms with E-state index < -0.39 is 23.4 Å². The third-order valence-electron chi connectivity index (χ3n) is 5.37. The molecule has 34 heavy (non-hydrogen) atoms. The maximum Gasteiger partial charge on any atom is 0.257 e. The lowest BCUT2D eigenvalue weighted by Gasteiger charge is -2.10. The van der Waals surface area contributed by atoms with Crippen molar-refractivity contribution in [2.24, 2.45) is 0 Å². The van der Waals surface area contributed by atoms with Crippen LogP contribution in [0.1, 0.15) is 16.1 Å². The van der Waals surface area contributed by atoms with E-state index in [4.69, 9.17) is 0 Å². The van der Waals surface area contributed by atoms with E-state index in [1.807, 2.05) is 0 Å². The fraction of sp³-hybridized carbons (Fsp3) is 0.0400. The van der Waals surface area contributed by atoms with Gasteiger partial charge in [-0.1, -0.05) is 6.07 Å². The highest BCUT2D eigenvalue weighted by molar-refractivity contribution is 6.05. The maximum atomic E-state index is 14.4. The van der Waals surface area contributed by atoms with Crippen LogP contribution in [0.4, 0.5) is 18.9 Å². The van der Waals surface area contributed by atoms with Gasteiger partial charge in [0.05, 0.1) is 28.5 Å². The number of pyridine rings is 1. The molecule has 0 saturated heterocycles. The van der Waals surface area contributed by atoms with Gasteiger partial charge in [-0.15, -0.1) is 0 Å². The van der Waals surface area contributed by atoms with Gasteiger partial charge in [-0.25, -0.2) is 22.7 Å². The Labute approximate surface area is 191 Å². The zero-order valence-corrected chi connectivity index (χ0v) is 17.8. The van der Waals surface area contributed by atoms with Crippen LogP contribution in [0, 0.1) is 24.4 Å². The van der Waals surface area contributed by atoms with E-state index in [0.29, 0.717) is 33.6 Å². The molecule has 3 aromatic heterocycles. The van der Waals surface area contributed by atoms with Crippen molar-refractivity contribution in [1.29, 1.82) is 0 Å². The second-order valence-electron chi connectivity index (χ2n) is 7.54. The summed E-state index contributed by atoms with van der Waals surface area (Å²) in [6.07, 6.45) is 4.61. The molecule has 0 bridgehead atoms. The highest BCUT2D eigenvalue weighted by atomic mass is 19.2. The molecule has 1 N–H and O–H groups in total. The second-order valence-corrected chi connectivity index (χ2v) is 7.54. The van der Waals surface area contributed by atoms with Gasteiger partial charge in [0.25, 0.3) is 5.91 Å². The number of halogens is 3. The van der Waals surface area contributed by atoms with Crippen LogP contribution < -0.4 is 5.32 Å². The Morgan fingerprint density at radius 3 is 2.53 bits per heavy atom. The summed E-state index contributed by atoms with van der Waals surface area (Å²) >= 11 is 0. The van der Waals surface area contributed by atoms with E-state index in [2.05, 4.69) is 20.4 Å². The molecule has 0 unspecified atom stereocenters. The van der Waals surface area contributed by atoms with Gasteiger partial charge in [-0.2, -0.15) is 5.10 Å². The zero-order valence-electron chi connectivity index (χ0n) is 17.8. The Bertz CT molecular complexity index is 1550. The van der Waals surface area contributed by atoms with Crippen LogP contribution in [-0.4, -0.2) is 25.5 Å². The normalized spacial score (nSPS) is 11.1. The summed E-state index contributed by atoms with van der Waals surface area (Å²) in [5, 5.41) is 6.97. The molecule has 9 heteroatoms. The Hall–Kier alpha value is -4.53. The standard InChI is InChI=1S/C25H16F3N5O/c1-14-20(25(34)32-17-7-5-16(26)6-8-17)11-15(12-29-14)18-9-10-31-33-22(18)13-30-24(33)19-3-2-4-21(27)23(19)28/h2-13H,1H3,(H,32,34). The Morgan fingerprint density at radius 2 is 1.74 bits per heavy atom. The van der Waals surface area contributed by atoms with Crippen LogP contribution in [0.2, 0.25) is 0 Å². The summed E-state index contributed by atoms with van der Waals surface area (Å²) in [7, 11) is 0. The quantitative estimate of drug-likeness (QED) is 0.389. The lowest BCUT2D eigenvalue weighted by Crippen LogP contribution is -2.14. The number of carbonyl (C=O) groups is 1. The van der Waals surface area contributed by atoms with Crippen LogP contribution >= 0.6 is 0 Å². The van der Waals surface area contributed by atoms with E-state index >= 15 is 0 Å². The largest absolute Gasteiger partial charge is 0.322 e. The summed E-state index contributed by atoms with van der Waals surface area (Å²) in [5.74, 6) is -2.66. The van der Waals surface area contributed by atoms with Crippen molar-refractivity contribution in [3.8, 4) is 22.5 Å². The SMILES string of the molecule is Cc1ncc(-c2ccnn3c(-c4cccc(F)c4F)ncc23)cc1C(=O)Nc1ccc(F)cc1. The number of aromatic nitrogens is 4. The van der Waals surface area contributed by atoms with E-state index in [1.54, 1.807) is 25.3 Å². The molecule has 168 valence electrons. The number of benzene rings is 2. The Balaban J connectivity index is 1.55. The first-order chi connectivity index (χ1) is 16.4. The minimum atomic E-state index is -1.01. The first-order valence-electron chi connectivity index (χ1n) is 10.2. The Morgan fingerprint density at radius 1 is 0.941 bits per heavy atom. The van der Waals surface area contributed by atoms with Gasteiger partial charge in [0, 0.05) is 29.2 Å². The minimum absolute atomic E-state index is 0.0222. The van der Waals surface area contributed by atoms with Gasteiger partial charge in [0.2, 0.25) is 0 Å². The molecule has 0 fully saturated rings. The topological polar surface area (TPSA) is 72.2 Å². The molecule has 0 spiro atoms. The minimum Gasteiger partial charge on any atom is -0.322 e. The molecule has 0 radical (unpaired) electrons. The highest BCUT2D eigenvalue weighted by Gasteiger charge is 2.18. The third kappa shape index (κ3) is 3.77. The number of carbonyl (C=O) groups excluding carboxylic acids is 1. The van der Waals surface area contributed by atoms with Gasteiger partial charge < -0.3 is 5.32 Å². The summed E-state index contributed by atoms with van der Waals surface area (Å²) in [5.41, 5.74) is 3.03. The van der Waals surface area contributed by atoms with Gasteiger partial charge in [0.1, 0.15) is 5.82 Å². The van der Waals surface area contributed by atoms with Crippen molar-refractivity contribution in [2.75, 3.05) is 5.32 Å². The number of nitrogens with zero attached hydrogens (tertiary/aromatic N) is 4. The van der Waals surface area contributed by atoms with Crippen LogP contribution in [0.25, 0.3) is 28.0 Å². The molecule has 5 aromatic rings. The number of nitrogens with one attached hydrogen (secondary N) is 1. The van der Waals surface area contributed by atoms with Gasteiger partial charge >= 0.3 is 0 Å². The molecule has 6 nitrogen and oxygen atoms in total. The fourth-order valence-electron chi connectivity index (χ4n) is 3.65. The van der Waals surface area contributed by atoms with Gasteiger partial charge in [-0.3, -0.25) is 9.78 Å². The van der Waals surface area contributed by atoms with Crippen molar-refractivity contribution in [3.05, 3.63) is 102 Å². The molecule has 3 heterocycles. The fourth-order valence-corrected chi connectivity index (χ4v) is 3.65. The lowest BCUT2D eigenvalue weighted by atomic mass is 10.0. The predicted molar refractivity (Wildman–Crippen MR) is 121 cm³/mol. The molecular formula is C25H16F3N5O. The predicted octanol–water partition coefficient (Wildman–Crippen LogP) is 5.44. The first kappa shape index (κ1) is 21.3. The number of hydrogen-bond donors (Lipinski definition) is 1. The molecule has 0 saturated carbocycles. The van der Waals surface area contributed by atoms with Gasteiger partial charge in [-0.05, 0) is 55.5 Å². The number of hydrogen-bond acceptors (Lipinski definition) is 4. The average Bonchev–Trinajstić information content (AvgIpc) is 3.27. The maximum absolute atomic E-state index is 14.4. The molecule has 5 rings (SSSR count). The summed E-state index contributed by atoms with van der Waals surface area (Å²) in [6.45, 7) is 1.70. The van der Waals surface area contributed by atoms with Crippen LogP contribution in [0.15, 0.2) is 73.2 Å². The average molecular weight is 459 g/mol. The zero-order chi connectivity index (χ0) is 23.8. The summed E-state index contributed by atoms with van der Waals surface area (Å²) < 4.78 is 42.7. The number of fused-ring (bicyclic) bond motifs is 1. The van der Waals surface area contributed by atoms with Gasteiger partial charge in [0.15, 0.2) is 17.5 Å². The smallest absolute Gasteiger partial charge is 0.257 e. The molecular weight excluding hydrogens is 443 g/mol. The van der Waals surface area contributed by atoms with E-state index in [-0.39, 0.29) is 11.4 Å². The van der Waals surface area contributed by atoms with E-state index in [1.165, 1.54) is 53.3 Å². The number of rotatable bonds is 4. The van der Waals surface area contributed by atoms with Crippen LogP contribution in [0.3, 0.4) is 0 Å². The molecule has 1 amide bonds. The molecule has 0 aliphatic heterocycles. The van der Waals surface area contributed by atoms with E-state index in [9.17, 15) is 18.0 Å². The van der Waals surface area contributed by atoms with Crippen LogP contribution in [0.5, 0.6) is 0 Å². The van der Waals surface area contributed by atoms with Crippen molar-refractivity contribution < 1.29 is 18.0 Å². The van der Waals surface area contributed by atoms with E-state index in [0.717, 1.165) is 6.07 Å². The summed E-state index contributed by atoms with van der Waals surface area (Å²) in [4.78, 5) is 21.5. The van der Waals surface area contributed by atoms with Crippen LogP contribution in [-0.2, 0) is 0 Å². The third-order valence-corrected chi connectivity index (χ3v) is 5.37. The highest BCUT2D eigenvalue weighted by Crippen LogP contribution is 2.30. The second kappa shape index (κ2) is 8.43. The van der Waals surface area contributed by atoms with Crippen molar-refractivity contribution in [3.63, 3.8) is 0 Å². The Kier molecular flexibility index (Phi) is 5.29. The lowest BCUT2D eigenvalue weighted by molar-refractivity contribution is 0.102. The molecule has 0 atom stereocenters. The van der Waals surface area contributed by atoms with Crippen molar-refractivity contribution in [1.82, 2.24) is 19.6 Å². The monoisotopic (exact) mass is 459 g/mol. The molecule has 2 aromatic carbocycles. The number of imidazole rings is 1. The number of aryl methyl sites for hydroxylation is 1.